The van der Waals surface area contributed by atoms with E-state index >= 15 is 0 Å². The predicted molar refractivity (Wildman–Crippen MR) is 75.9 cm³/mol. The minimum Gasteiger partial charge on any atom is -0.481 e. The molecule has 2 aromatic heterocycles. The highest BCUT2D eigenvalue weighted by atomic mass is 35.5. The monoisotopic (exact) mass is 293 g/mol. The van der Waals surface area contributed by atoms with Crippen LogP contribution >= 0.6 is 23.2 Å². The van der Waals surface area contributed by atoms with Gasteiger partial charge in [-0.05, 0) is 24.3 Å². The maximum Gasteiger partial charge on any atom is 0.215 e. The number of imidazole rings is 1. The summed E-state index contributed by atoms with van der Waals surface area (Å²) in [6.07, 6.45) is 0. The van der Waals surface area contributed by atoms with Gasteiger partial charge in [-0.3, -0.25) is 0 Å². The lowest BCUT2D eigenvalue weighted by molar-refractivity contribution is 0.399. The third-order valence-electron chi connectivity index (χ3n) is 2.71. The third kappa shape index (κ3) is 2.25. The fourth-order valence-corrected chi connectivity index (χ4v) is 2.17. The topological polar surface area (TPSA) is 50.8 Å². The summed E-state index contributed by atoms with van der Waals surface area (Å²) in [5, 5.41) is 1.18. The minimum atomic E-state index is 0.516. The number of aromatic nitrogens is 3. The molecule has 0 saturated carbocycles. The highest BCUT2D eigenvalue weighted by Crippen LogP contribution is 2.30. The Bertz CT molecular complexity index is 755. The van der Waals surface area contributed by atoms with Gasteiger partial charge in [0.25, 0.3) is 0 Å². The second-order valence-electron chi connectivity index (χ2n) is 3.93. The summed E-state index contributed by atoms with van der Waals surface area (Å²) in [6.45, 7) is 0. The number of methoxy groups -OCH3 is 1. The fraction of sp³-hybridized carbons (Fsp3) is 0.0769. The molecule has 0 spiro atoms. The van der Waals surface area contributed by atoms with Crippen LogP contribution in [0.15, 0.2) is 30.3 Å². The molecule has 1 N–H and O–H groups in total. The highest BCUT2D eigenvalue weighted by molar-refractivity contribution is 6.35. The van der Waals surface area contributed by atoms with Crippen LogP contribution in [0.5, 0.6) is 5.88 Å². The summed E-state index contributed by atoms with van der Waals surface area (Å²) in [4.78, 5) is 11.8. The van der Waals surface area contributed by atoms with Gasteiger partial charge < -0.3 is 9.72 Å². The van der Waals surface area contributed by atoms with Crippen LogP contribution in [0, 0.1) is 0 Å². The van der Waals surface area contributed by atoms with Crippen molar-refractivity contribution in [3.05, 3.63) is 40.4 Å². The number of benzene rings is 1. The Morgan fingerprint density at radius 1 is 1.11 bits per heavy atom. The van der Waals surface area contributed by atoms with Crippen LogP contribution in [-0.2, 0) is 0 Å². The molecule has 0 unspecified atom stereocenters. The standard InChI is InChI=1S/C13H9Cl2N3O/c1-19-11-5-4-10-13(17-11)18-12(16-10)8-6-7(14)2-3-9(8)15/h2-6H,1H3,(H,16,17,18). The molecule has 96 valence electrons. The van der Waals surface area contributed by atoms with E-state index in [1.807, 2.05) is 6.07 Å². The molecular formula is C13H9Cl2N3O. The number of fused-ring (bicyclic) bond motifs is 1. The highest BCUT2D eigenvalue weighted by Gasteiger charge is 2.11. The lowest BCUT2D eigenvalue weighted by Gasteiger charge is -2.00. The van der Waals surface area contributed by atoms with Gasteiger partial charge in [0.15, 0.2) is 5.65 Å². The molecule has 0 atom stereocenters. The number of halogens is 2. The molecule has 0 radical (unpaired) electrons. The number of nitrogens with zero attached hydrogens (tertiary/aromatic N) is 2. The van der Waals surface area contributed by atoms with Crippen molar-refractivity contribution >= 4 is 34.4 Å². The van der Waals surface area contributed by atoms with Gasteiger partial charge in [-0.2, -0.15) is 4.98 Å². The number of nitrogens with one attached hydrogen (secondary N) is 1. The number of ether oxygens (including phenoxy) is 1. The van der Waals surface area contributed by atoms with E-state index in [9.17, 15) is 0 Å². The number of aromatic amines is 1. The Morgan fingerprint density at radius 2 is 1.95 bits per heavy atom. The molecule has 1 aromatic carbocycles. The smallest absolute Gasteiger partial charge is 0.215 e. The first-order chi connectivity index (χ1) is 9.17. The average Bonchev–Trinajstić information content (AvgIpc) is 2.83. The summed E-state index contributed by atoms with van der Waals surface area (Å²) >= 11 is 12.1. The molecule has 0 saturated heterocycles. The number of H-pyrrole nitrogens is 1. The fourth-order valence-electron chi connectivity index (χ4n) is 1.80. The molecule has 0 aliphatic carbocycles. The van der Waals surface area contributed by atoms with E-state index in [4.69, 9.17) is 27.9 Å². The predicted octanol–water partition coefficient (Wildman–Crippen LogP) is 3.94. The molecule has 4 nitrogen and oxygen atoms in total. The van der Waals surface area contributed by atoms with Crippen LogP contribution in [0.3, 0.4) is 0 Å². The van der Waals surface area contributed by atoms with E-state index in [1.54, 1.807) is 31.4 Å². The SMILES string of the molecule is COc1ccc2[nH]c(-c3cc(Cl)ccc3Cl)nc2n1. The first kappa shape index (κ1) is 12.3. The normalized spacial score (nSPS) is 10.9. The average molecular weight is 294 g/mol. The maximum absolute atomic E-state index is 6.15. The Morgan fingerprint density at radius 3 is 2.74 bits per heavy atom. The molecule has 0 amide bonds. The summed E-state index contributed by atoms with van der Waals surface area (Å²) in [7, 11) is 1.57. The van der Waals surface area contributed by atoms with Gasteiger partial charge in [0.05, 0.1) is 17.6 Å². The van der Waals surface area contributed by atoms with Gasteiger partial charge >= 0.3 is 0 Å². The summed E-state index contributed by atoms with van der Waals surface area (Å²) < 4.78 is 5.07. The second-order valence-corrected chi connectivity index (χ2v) is 4.78. The van der Waals surface area contributed by atoms with Gasteiger partial charge in [0.1, 0.15) is 5.82 Å². The van der Waals surface area contributed by atoms with E-state index in [1.165, 1.54) is 0 Å². The Balaban J connectivity index is 2.17. The van der Waals surface area contributed by atoms with E-state index in [0.717, 1.165) is 11.1 Å². The molecule has 2 heterocycles. The van der Waals surface area contributed by atoms with Crippen LogP contribution in [0.4, 0.5) is 0 Å². The largest absolute Gasteiger partial charge is 0.481 e. The van der Waals surface area contributed by atoms with Gasteiger partial charge in [0.2, 0.25) is 5.88 Å². The van der Waals surface area contributed by atoms with Crippen LogP contribution < -0.4 is 4.74 Å². The molecule has 0 bridgehead atoms. The van der Waals surface area contributed by atoms with E-state index in [2.05, 4.69) is 15.0 Å². The van der Waals surface area contributed by atoms with Crippen LogP contribution in [-0.4, -0.2) is 22.1 Å². The van der Waals surface area contributed by atoms with Crippen molar-refractivity contribution in [1.82, 2.24) is 15.0 Å². The van der Waals surface area contributed by atoms with Gasteiger partial charge in [-0.15, -0.1) is 0 Å². The van der Waals surface area contributed by atoms with Crippen molar-refractivity contribution in [3.8, 4) is 17.3 Å². The summed E-state index contributed by atoms with van der Waals surface area (Å²) in [5.41, 5.74) is 2.13. The second kappa shape index (κ2) is 4.72. The summed E-state index contributed by atoms with van der Waals surface area (Å²) in [5.74, 6) is 1.14. The molecule has 0 aliphatic rings. The van der Waals surface area contributed by atoms with Crippen molar-refractivity contribution in [2.45, 2.75) is 0 Å². The van der Waals surface area contributed by atoms with E-state index < -0.39 is 0 Å². The quantitative estimate of drug-likeness (QED) is 0.778. The Kier molecular flexibility index (Phi) is 3.05. The van der Waals surface area contributed by atoms with E-state index in [-0.39, 0.29) is 0 Å². The van der Waals surface area contributed by atoms with E-state index in [0.29, 0.717) is 27.4 Å². The summed E-state index contributed by atoms with van der Waals surface area (Å²) in [6, 6.07) is 8.86. The molecule has 19 heavy (non-hydrogen) atoms. The number of pyridine rings is 1. The molecular weight excluding hydrogens is 285 g/mol. The van der Waals surface area contributed by atoms with Crippen molar-refractivity contribution in [1.29, 1.82) is 0 Å². The number of hydrogen-bond acceptors (Lipinski definition) is 3. The van der Waals surface area contributed by atoms with Crippen molar-refractivity contribution in [3.63, 3.8) is 0 Å². The zero-order valence-corrected chi connectivity index (χ0v) is 11.5. The zero-order chi connectivity index (χ0) is 13.4. The van der Waals surface area contributed by atoms with Crippen LogP contribution in [0.1, 0.15) is 0 Å². The zero-order valence-electron chi connectivity index (χ0n) is 9.95. The molecule has 0 aliphatic heterocycles. The first-order valence-corrected chi connectivity index (χ1v) is 6.29. The number of rotatable bonds is 2. The van der Waals surface area contributed by atoms with Crippen molar-refractivity contribution in [2.75, 3.05) is 7.11 Å². The molecule has 3 rings (SSSR count). The Hall–Kier alpha value is -1.78. The first-order valence-electron chi connectivity index (χ1n) is 5.53. The minimum absolute atomic E-state index is 0.516. The Labute approximate surface area is 119 Å². The lowest BCUT2D eigenvalue weighted by Crippen LogP contribution is -1.86. The van der Waals surface area contributed by atoms with Crippen molar-refractivity contribution in [2.24, 2.45) is 0 Å². The lowest BCUT2D eigenvalue weighted by atomic mass is 10.2. The maximum atomic E-state index is 6.15. The molecule has 0 fully saturated rings. The van der Waals surface area contributed by atoms with Gasteiger partial charge in [0, 0.05) is 16.7 Å². The molecule has 6 heteroatoms. The van der Waals surface area contributed by atoms with Gasteiger partial charge in [-0.25, -0.2) is 4.98 Å². The molecule has 3 aromatic rings. The van der Waals surface area contributed by atoms with Crippen LogP contribution in [0.25, 0.3) is 22.6 Å². The number of hydrogen-bond donors (Lipinski definition) is 1. The van der Waals surface area contributed by atoms with Gasteiger partial charge in [-0.1, -0.05) is 23.2 Å². The third-order valence-corrected chi connectivity index (χ3v) is 3.28. The van der Waals surface area contributed by atoms with Crippen LogP contribution in [0.2, 0.25) is 10.0 Å². The van der Waals surface area contributed by atoms with Crippen molar-refractivity contribution < 1.29 is 4.74 Å².